The van der Waals surface area contributed by atoms with Crippen molar-refractivity contribution in [3.63, 3.8) is 0 Å². The number of aromatic nitrogens is 1. The number of nitrogens with zero attached hydrogens (tertiary/aromatic N) is 2. The Kier molecular flexibility index (Phi) is 3.78. The van der Waals surface area contributed by atoms with Crippen LogP contribution in [0.15, 0.2) is 18.2 Å². The third-order valence-corrected chi connectivity index (χ3v) is 3.45. The van der Waals surface area contributed by atoms with Gasteiger partial charge in [-0.1, -0.05) is 13.0 Å². The van der Waals surface area contributed by atoms with Gasteiger partial charge in [0.1, 0.15) is 11.5 Å². The number of nitrogen functional groups attached to an aromatic ring is 1. The second kappa shape index (κ2) is 5.32. The zero-order chi connectivity index (χ0) is 13.1. The highest BCUT2D eigenvalue weighted by atomic mass is 16.3. The molecule has 2 atom stereocenters. The molecule has 0 aliphatic carbocycles. The number of likely N-dealkylation sites (tertiary alicyclic amines) is 1. The van der Waals surface area contributed by atoms with Gasteiger partial charge >= 0.3 is 0 Å². The molecular formula is C12H18N4O2. The third-order valence-electron chi connectivity index (χ3n) is 3.45. The van der Waals surface area contributed by atoms with Crippen LogP contribution in [0.5, 0.6) is 0 Å². The standard InChI is InChI=1S/C12H18N4O2/c1-8-5-6-16(10(8)7-17)12(18)9-3-2-4-11(14-9)15-13/h2-4,8,10,17H,5-7,13H2,1H3,(H,14,15). The highest BCUT2D eigenvalue weighted by molar-refractivity contribution is 5.93. The van der Waals surface area contributed by atoms with Crippen LogP contribution in [0.2, 0.25) is 0 Å². The summed E-state index contributed by atoms with van der Waals surface area (Å²) < 4.78 is 0. The monoisotopic (exact) mass is 250 g/mol. The summed E-state index contributed by atoms with van der Waals surface area (Å²) in [6, 6.07) is 4.95. The Labute approximate surface area is 106 Å². The number of rotatable bonds is 3. The Hall–Kier alpha value is -1.66. The molecule has 98 valence electrons. The molecule has 0 bridgehead atoms. The van der Waals surface area contributed by atoms with Crippen LogP contribution in [-0.2, 0) is 0 Å². The smallest absolute Gasteiger partial charge is 0.272 e. The van der Waals surface area contributed by atoms with E-state index >= 15 is 0 Å². The van der Waals surface area contributed by atoms with Crippen LogP contribution in [0.1, 0.15) is 23.8 Å². The molecule has 1 aromatic heterocycles. The number of nitrogens with two attached hydrogens (primary N) is 1. The summed E-state index contributed by atoms with van der Waals surface area (Å²) in [5, 5.41) is 9.36. The molecule has 1 aliphatic heterocycles. The van der Waals surface area contributed by atoms with Crippen molar-refractivity contribution in [2.24, 2.45) is 11.8 Å². The lowest BCUT2D eigenvalue weighted by atomic mass is 10.0. The van der Waals surface area contributed by atoms with Crippen LogP contribution in [0, 0.1) is 5.92 Å². The Balaban J connectivity index is 2.20. The molecule has 1 saturated heterocycles. The number of aliphatic hydroxyl groups is 1. The molecule has 6 heteroatoms. The van der Waals surface area contributed by atoms with Crippen LogP contribution in [0.3, 0.4) is 0 Å². The number of hydrazine groups is 1. The number of carbonyl (C=O) groups is 1. The van der Waals surface area contributed by atoms with Gasteiger partial charge in [0.05, 0.1) is 12.6 Å². The number of hydrogen-bond donors (Lipinski definition) is 3. The van der Waals surface area contributed by atoms with E-state index in [1.807, 2.05) is 6.92 Å². The summed E-state index contributed by atoms with van der Waals surface area (Å²) in [4.78, 5) is 18.1. The molecule has 6 nitrogen and oxygen atoms in total. The highest BCUT2D eigenvalue weighted by Crippen LogP contribution is 2.25. The number of nitrogens with one attached hydrogen (secondary N) is 1. The molecule has 1 amide bonds. The van der Waals surface area contributed by atoms with Gasteiger partial charge < -0.3 is 15.4 Å². The van der Waals surface area contributed by atoms with E-state index in [2.05, 4.69) is 10.4 Å². The molecular weight excluding hydrogens is 232 g/mol. The Morgan fingerprint density at radius 1 is 1.67 bits per heavy atom. The predicted octanol–water partition coefficient (Wildman–Crippen LogP) is 0.210. The number of hydrogen-bond acceptors (Lipinski definition) is 5. The van der Waals surface area contributed by atoms with E-state index in [1.54, 1.807) is 23.1 Å². The highest BCUT2D eigenvalue weighted by Gasteiger charge is 2.34. The fourth-order valence-corrected chi connectivity index (χ4v) is 2.32. The van der Waals surface area contributed by atoms with Gasteiger partial charge in [0.2, 0.25) is 0 Å². The molecule has 1 aliphatic rings. The van der Waals surface area contributed by atoms with Crippen molar-refractivity contribution < 1.29 is 9.90 Å². The average molecular weight is 250 g/mol. The van der Waals surface area contributed by atoms with Crippen molar-refractivity contribution >= 4 is 11.7 Å². The molecule has 1 aromatic rings. The Morgan fingerprint density at radius 3 is 3.11 bits per heavy atom. The average Bonchev–Trinajstić information content (AvgIpc) is 2.79. The molecule has 2 unspecified atom stereocenters. The molecule has 4 N–H and O–H groups in total. The first kappa shape index (κ1) is 12.8. The minimum Gasteiger partial charge on any atom is -0.394 e. The Morgan fingerprint density at radius 2 is 2.44 bits per heavy atom. The van der Waals surface area contributed by atoms with Gasteiger partial charge in [0.25, 0.3) is 5.91 Å². The molecule has 2 heterocycles. The lowest BCUT2D eigenvalue weighted by molar-refractivity contribution is 0.0642. The number of carbonyl (C=O) groups excluding carboxylic acids is 1. The molecule has 0 radical (unpaired) electrons. The van der Waals surface area contributed by atoms with Gasteiger partial charge in [0, 0.05) is 6.54 Å². The van der Waals surface area contributed by atoms with Gasteiger partial charge in [-0.2, -0.15) is 0 Å². The lowest BCUT2D eigenvalue weighted by Gasteiger charge is -2.24. The SMILES string of the molecule is CC1CCN(C(=O)c2cccc(NN)n2)C1CO. The predicted molar refractivity (Wildman–Crippen MR) is 67.7 cm³/mol. The maximum atomic E-state index is 12.3. The zero-order valence-electron chi connectivity index (χ0n) is 10.3. The molecule has 2 rings (SSSR count). The van der Waals surface area contributed by atoms with Crippen LogP contribution < -0.4 is 11.3 Å². The number of pyridine rings is 1. The number of anilines is 1. The fraction of sp³-hybridized carbons (Fsp3) is 0.500. The van der Waals surface area contributed by atoms with Crippen LogP contribution >= 0.6 is 0 Å². The van der Waals surface area contributed by atoms with E-state index in [4.69, 9.17) is 5.84 Å². The van der Waals surface area contributed by atoms with Crippen LogP contribution in [0.4, 0.5) is 5.82 Å². The molecule has 0 spiro atoms. The van der Waals surface area contributed by atoms with E-state index in [9.17, 15) is 9.90 Å². The van der Waals surface area contributed by atoms with E-state index in [1.165, 1.54) is 0 Å². The minimum atomic E-state index is -0.157. The normalized spacial score (nSPS) is 23.2. The van der Waals surface area contributed by atoms with Crippen LogP contribution in [-0.4, -0.2) is 40.1 Å². The van der Waals surface area contributed by atoms with Crippen molar-refractivity contribution in [1.29, 1.82) is 0 Å². The molecule has 1 fully saturated rings. The summed E-state index contributed by atoms with van der Waals surface area (Å²) >= 11 is 0. The second-order valence-electron chi connectivity index (χ2n) is 4.57. The van der Waals surface area contributed by atoms with Crippen LogP contribution in [0.25, 0.3) is 0 Å². The first-order valence-corrected chi connectivity index (χ1v) is 6.03. The van der Waals surface area contributed by atoms with Crippen molar-refractivity contribution in [3.8, 4) is 0 Å². The largest absolute Gasteiger partial charge is 0.394 e. The third kappa shape index (κ3) is 2.30. The molecule has 0 saturated carbocycles. The van der Waals surface area contributed by atoms with Gasteiger partial charge in [-0.3, -0.25) is 4.79 Å². The van der Waals surface area contributed by atoms with E-state index in [0.717, 1.165) is 6.42 Å². The first-order valence-electron chi connectivity index (χ1n) is 6.03. The maximum Gasteiger partial charge on any atom is 0.272 e. The summed E-state index contributed by atoms with van der Waals surface area (Å²) in [7, 11) is 0. The van der Waals surface area contributed by atoms with Crippen molar-refractivity contribution in [1.82, 2.24) is 9.88 Å². The van der Waals surface area contributed by atoms with E-state index < -0.39 is 0 Å². The van der Waals surface area contributed by atoms with Crippen molar-refractivity contribution in [2.45, 2.75) is 19.4 Å². The Bertz CT molecular complexity index is 438. The fourth-order valence-electron chi connectivity index (χ4n) is 2.32. The summed E-state index contributed by atoms with van der Waals surface area (Å²) in [5.41, 5.74) is 2.76. The zero-order valence-corrected chi connectivity index (χ0v) is 10.3. The summed E-state index contributed by atoms with van der Waals surface area (Å²) in [6.45, 7) is 2.69. The first-order chi connectivity index (χ1) is 8.67. The van der Waals surface area contributed by atoms with Gasteiger partial charge in [-0.25, -0.2) is 10.8 Å². The van der Waals surface area contributed by atoms with Gasteiger partial charge in [-0.15, -0.1) is 0 Å². The quantitative estimate of drug-likeness (QED) is 0.527. The maximum absolute atomic E-state index is 12.3. The summed E-state index contributed by atoms with van der Waals surface area (Å²) in [5.74, 6) is 5.88. The van der Waals surface area contributed by atoms with Crippen molar-refractivity contribution in [2.75, 3.05) is 18.6 Å². The topological polar surface area (TPSA) is 91.5 Å². The second-order valence-corrected chi connectivity index (χ2v) is 4.57. The molecule has 18 heavy (non-hydrogen) atoms. The van der Waals surface area contributed by atoms with E-state index in [0.29, 0.717) is 24.0 Å². The molecule has 0 aromatic carbocycles. The van der Waals surface area contributed by atoms with Gasteiger partial charge in [-0.05, 0) is 24.5 Å². The van der Waals surface area contributed by atoms with Crippen molar-refractivity contribution in [3.05, 3.63) is 23.9 Å². The minimum absolute atomic E-state index is 0.0122. The lowest BCUT2D eigenvalue weighted by Crippen LogP contribution is -2.40. The van der Waals surface area contributed by atoms with Gasteiger partial charge in [0.15, 0.2) is 0 Å². The number of amides is 1. The number of aliphatic hydroxyl groups excluding tert-OH is 1. The van der Waals surface area contributed by atoms with E-state index in [-0.39, 0.29) is 18.6 Å². The summed E-state index contributed by atoms with van der Waals surface area (Å²) in [6.07, 6.45) is 0.909.